The fourth-order valence-corrected chi connectivity index (χ4v) is 5.51. The number of carbonyl (C=O) groups excluding carboxylic acids is 1. The third kappa shape index (κ3) is 6.15. The number of hydrogen-bond acceptors (Lipinski definition) is 6. The standard InChI is InChI=1S/C30H26FNO6S.Na/c31-22-11-6-20(7-12-22)27(33)17-16-26-29(32(30(26)35)23-4-2-1-3-5-23)25-15-10-21(18-28(25)34)19-8-13-24(14-9-19)39(36,37)38;/h1-15,18,26-27,29,33-34H,16-17H2,(H,36,37,38);/q;+1/p-1/t26-,27+,29-;/m1./s1. The van der Waals surface area contributed by atoms with Crippen molar-refractivity contribution in [3.8, 4) is 16.9 Å². The Morgan fingerprint density at radius 1 is 0.900 bits per heavy atom. The molecule has 1 fully saturated rings. The molecule has 0 aromatic heterocycles. The number of halogens is 1. The summed E-state index contributed by atoms with van der Waals surface area (Å²) in [6.45, 7) is 0. The van der Waals surface area contributed by atoms with E-state index in [0.717, 1.165) is 0 Å². The maximum atomic E-state index is 13.3. The van der Waals surface area contributed by atoms with E-state index in [0.29, 0.717) is 34.4 Å². The molecule has 1 heterocycles. The number of benzene rings is 4. The first-order valence-electron chi connectivity index (χ1n) is 12.3. The van der Waals surface area contributed by atoms with Crippen molar-refractivity contribution in [3.05, 3.63) is 114 Å². The van der Waals surface area contributed by atoms with Crippen molar-refractivity contribution in [1.29, 1.82) is 0 Å². The maximum Gasteiger partial charge on any atom is 1.00 e. The smallest absolute Gasteiger partial charge is 0.744 e. The first-order valence-corrected chi connectivity index (χ1v) is 13.8. The van der Waals surface area contributed by atoms with E-state index in [2.05, 4.69) is 0 Å². The van der Waals surface area contributed by atoms with Crippen molar-refractivity contribution in [2.45, 2.75) is 29.9 Å². The number of aliphatic hydroxyl groups excluding tert-OH is 1. The van der Waals surface area contributed by atoms with Gasteiger partial charge in [0.05, 0.1) is 23.0 Å². The van der Waals surface area contributed by atoms with Gasteiger partial charge >= 0.3 is 29.6 Å². The number of anilines is 1. The maximum absolute atomic E-state index is 13.3. The van der Waals surface area contributed by atoms with Crippen LogP contribution in [0.1, 0.15) is 36.1 Å². The Morgan fingerprint density at radius 3 is 2.12 bits per heavy atom. The van der Waals surface area contributed by atoms with Crippen molar-refractivity contribution in [1.82, 2.24) is 0 Å². The van der Waals surface area contributed by atoms with E-state index in [1.54, 1.807) is 17.0 Å². The number of phenols is 1. The van der Waals surface area contributed by atoms with Crippen molar-refractivity contribution in [3.63, 3.8) is 0 Å². The van der Waals surface area contributed by atoms with Crippen LogP contribution in [0.2, 0.25) is 0 Å². The van der Waals surface area contributed by atoms with Crippen LogP contribution in [-0.2, 0) is 14.9 Å². The van der Waals surface area contributed by atoms with Gasteiger partial charge in [0.1, 0.15) is 21.7 Å². The van der Waals surface area contributed by atoms with Gasteiger partial charge in [0.25, 0.3) is 0 Å². The summed E-state index contributed by atoms with van der Waals surface area (Å²) < 4.78 is 47.0. The molecule has 0 spiro atoms. The summed E-state index contributed by atoms with van der Waals surface area (Å²) in [5.74, 6) is -1.08. The molecule has 1 amide bonds. The number of phenolic OH excluding ortho intramolecular Hbond substituents is 1. The summed E-state index contributed by atoms with van der Waals surface area (Å²) in [6.07, 6.45) is -0.256. The summed E-state index contributed by atoms with van der Waals surface area (Å²) in [6, 6.07) is 24.6. The molecule has 4 aromatic rings. The molecule has 0 saturated carbocycles. The SMILES string of the molecule is O=C1[C@H](CC[C@H](O)c2ccc(F)cc2)[C@@H](c2ccc(-c3ccc(S(=O)(=O)[O-])cc3)cc2O)N1c1ccccc1.[Na+]. The summed E-state index contributed by atoms with van der Waals surface area (Å²) >= 11 is 0. The number of hydrogen-bond donors (Lipinski definition) is 2. The number of rotatable bonds is 8. The monoisotopic (exact) mass is 569 g/mol. The van der Waals surface area contributed by atoms with Gasteiger partial charge in [-0.3, -0.25) is 4.79 Å². The van der Waals surface area contributed by atoms with Gasteiger partial charge in [-0.25, -0.2) is 12.8 Å². The molecule has 1 aliphatic rings. The molecular weight excluding hydrogens is 544 g/mol. The van der Waals surface area contributed by atoms with Crippen molar-refractivity contribution < 1.29 is 61.9 Å². The van der Waals surface area contributed by atoms with E-state index in [1.807, 2.05) is 30.3 Å². The number of nitrogens with zero attached hydrogens (tertiary/aromatic N) is 1. The fourth-order valence-electron chi connectivity index (χ4n) is 5.04. The van der Waals surface area contributed by atoms with Crippen LogP contribution in [-0.4, -0.2) is 29.1 Å². The second kappa shape index (κ2) is 12.2. The Balaban J connectivity index is 0.00000370. The van der Waals surface area contributed by atoms with Gasteiger partial charge in [-0.15, -0.1) is 0 Å². The molecular formula is C30H25FNNaO6S. The topological polar surface area (TPSA) is 118 Å². The Bertz CT molecular complexity index is 1600. The predicted molar refractivity (Wildman–Crippen MR) is 142 cm³/mol. The minimum atomic E-state index is -4.57. The molecule has 7 nitrogen and oxygen atoms in total. The van der Waals surface area contributed by atoms with E-state index in [4.69, 9.17) is 0 Å². The van der Waals surface area contributed by atoms with Gasteiger partial charge in [-0.2, -0.15) is 0 Å². The van der Waals surface area contributed by atoms with Crippen LogP contribution in [0.3, 0.4) is 0 Å². The normalized spacial score (nSPS) is 17.6. The number of aromatic hydroxyl groups is 1. The quantitative estimate of drug-likeness (QED) is 0.191. The third-order valence-corrected chi connectivity index (χ3v) is 7.93. The fraction of sp³-hybridized carbons (Fsp3) is 0.167. The van der Waals surface area contributed by atoms with Crippen LogP contribution in [0.15, 0.2) is 102 Å². The third-order valence-electron chi connectivity index (χ3n) is 7.08. The average molecular weight is 570 g/mol. The molecule has 0 unspecified atom stereocenters. The van der Waals surface area contributed by atoms with Gasteiger partial charge in [0.2, 0.25) is 5.91 Å². The molecule has 200 valence electrons. The van der Waals surface area contributed by atoms with E-state index in [1.165, 1.54) is 54.6 Å². The van der Waals surface area contributed by atoms with Crippen LogP contribution in [0.25, 0.3) is 11.1 Å². The zero-order chi connectivity index (χ0) is 27.7. The molecule has 4 aromatic carbocycles. The molecule has 0 aliphatic carbocycles. The van der Waals surface area contributed by atoms with Crippen LogP contribution in [0, 0.1) is 11.7 Å². The van der Waals surface area contributed by atoms with Gasteiger partial charge in [-0.05, 0) is 72.0 Å². The summed E-state index contributed by atoms with van der Waals surface area (Å²) in [5, 5.41) is 21.7. The van der Waals surface area contributed by atoms with E-state index < -0.39 is 34.0 Å². The average Bonchev–Trinajstić information content (AvgIpc) is 2.92. The number of amides is 1. The molecule has 0 bridgehead atoms. The first kappa shape index (κ1) is 29.9. The predicted octanol–water partition coefficient (Wildman–Crippen LogP) is 2.32. The molecule has 10 heteroatoms. The van der Waals surface area contributed by atoms with E-state index in [-0.39, 0.29) is 52.5 Å². The largest absolute Gasteiger partial charge is 1.00 e. The van der Waals surface area contributed by atoms with Crippen molar-refractivity contribution in [2.75, 3.05) is 4.90 Å². The number of para-hydroxylation sites is 1. The number of aliphatic hydroxyl groups is 1. The summed E-state index contributed by atoms with van der Waals surface area (Å²) in [5.41, 5.74) is 2.98. The molecule has 1 aliphatic heterocycles. The minimum Gasteiger partial charge on any atom is -0.744 e. The molecule has 40 heavy (non-hydrogen) atoms. The van der Waals surface area contributed by atoms with E-state index in [9.17, 15) is 32.4 Å². The Hall–Kier alpha value is -3.05. The van der Waals surface area contributed by atoms with Gasteiger partial charge in [0, 0.05) is 11.3 Å². The van der Waals surface area contributed by atoms with Crippen molar-refractivity contribution in [2.24, 2.45) is 5.92 Å². The van der Waals surface area contributed by atoms with Crippen LogP contribution >= 0.6 is 0 Å². The number of carbonyl (C=O) groups is 1. The molecule has 5 rings (SSSR count). The second-order valence-electron chi connectivity index (χ2n) is 9.49. The zero-order valence-corrected chi connectivity index (χ0v) is 24.5. The van der Waals surface area contributed by atoms with Crippen LogP contribution < -0.4 is 34.5 Å². The summed E-state index contributed by atoms with van der Waals surface area (Å²) in [7, 11) is -4.57. The van der Waals surface area contributed by atoms with Crippen LogP contribution in [0.4, 0.5) is 10.1 Å². The molecule has 2 N–H and O–H groups in total. The zero-order valence-electron chi connectivity index (χ0n) is 21.6. The first-order chi connectivity index (χ1) is 18.6. The van der Waals surface area contributed by atoms with E-state index >= 15 is 0 Å². The Labute approximate surface area is 254 Å². The molecule has 0 radical (unpaired) electrons. The van der Waals surface area contributed by atoms with Gasteiger partial charge < -0.3 is 19.7 Å². The minimum absolute atomic E-state index is 0. The molecule has 1 saturated heterocycles. The Kier molecular flexibility index (Phi) is 9.14. The van der Waals surface area contributed by atoms with Gasteiger partial charge in [-0.1, -0.05) is 54.6 Å². The number of β-lactam (4-membered cyclic amide) rings is 1. The Morgan fingerprint density at radius 2 is 1.52 bits per heavy atom. The van der Waals surface area contributed by atoms with Crippen LogP contribution in [0.5, 0.6) is 5.75 Å². The second-order valence-corrected chi connectivity index (χ2v) is 10.9. The van der Waals surface area contributed by atoms with Crippen molar-refractivity contribution >= 4 is 21.7 Å². The van der Waals surface area contributed by atoms with Gasteiger partial charge in [0.15, 0.2) is 0 Å². The molecule has 3 atom stereocenters. The summed E-state index contributed by atoms with van der Waals surface area (Å²) in [4.78, 5) is 14.6.